The SMILES string of the molecule is CC(CNC(=O)Cc1ccc(NC(=O)OCC2c3ccccc3-c3ccccc32)cc1)C(=O)O. The summed E-state index contributed by atoms with van der Waals surface area (Å²) in [7, 11) is 0. The molecule has 1 aliphatic rings. The van der Waals surface area contributed by atoms with E-state index in [1.807, 2.05) is 24.3 Å². The fraction of sp³-hybridized carbons (Fsp3) is 0.222. The molecule has 0 radical (unpaired) electrons. The number of nitrogens with one attached hydrogen (secondary N) is 2. The largest absolute Gasteiger partial charge is 0.481 e. The van der Waals surface area contributed by atoms with Gasteiger partial charge in [-0.25, -0.2) is 4.79 Å². The van der Waals surface area contributed by atoms with Crippen molar-refractivity contribution in [2.75, 3.05) is 18.5 Å². The minimum Gasteiger partial charge on any atom is -0.481 e. The van der Waals surface area contributed by atoms with Crippen LogP contribution in [0.25, 0.3) is 11.1 Å². The van der Waals surface area contributed by atoms with Gasteiger partial charge in [-0.05, 0) is 39.9 Å². The van der Waals surface area contributed by atoms with E-state index < -0.39 is 18.0 Å². The zero-order valence-corrected chi connectivity index (χ0v) is 18.8. The number of amides is 2. The van der Waals surface area contributed by atoms with E-state index in [4.69, 9.17) is 9.84 Å². The number of carboxylic acid groups (broad SMARTS) is 1. The molecule has 7 heteroatoms. The molecule has 3 N–H and O–H groups in total. The Bertz CT molecular complexity index is 1160. The summed E-state index contributed by atoms with van der Waals surface area (Å²) in [4.78, 5) is 35.2. The second kappa shape index (κ2) is 10.2. The molecule has 1 aliphatic carbocycles. The molecule has 1 unspecified atom stereocenters. The summed E-state index contributed by atoms with van der Waals surface area (Å²) in [5.41, 5.74) is 5.95. The van der Waals surface area contributed by atoms with E-state index in [1.165, 1.54) is 18.1 Å². The molecular weight excluding hydrogens is 432 g/mol. The average molecular weight is 459 g/mol. The molecule has 2 amide bonds. The number of ether oxygens (including phenoxy) is 1. The molecule has 3 aromatic carbocycles. The van der Waals surface area contributed by atoms with Crippen molar-refractivity contribution in [3.05, 3.63) is 89.5 Å². The summed E-state index contributed by atoms with van der Waals surface area (Å²) < 4.78 is 5.55. The second-order valence-corrected chi connectivity index (χ2v) is 8.37. The Kier molecular flexibility index (Phi) is 6.92. The van der Waals surface area contributed by atoms with Gasteiger partial charge in [0.25, 0.3) is 0 Å². The molecule has 4 rings (SSSR count). The lowest BCUT2D eigenvalue weighted by Gasteiger charge is -2.14. The highest BCUT2D eigenvalue weighted by Gasteiger charge is 2.29. The van der Waals surface area contributed by atoms with Gasteiger partial charge in [0.2, 0.25) is 5.91 Å². The van der Waals surface area contributed by atoms with Crippen molar-refractivity contribution in [3.63, 3.8) is 0 Å². The number of benzene rings is 3. The number of anilines is 1. The number of carbonyl (C=O) groups is 3. The van der Waals surface area contributed by atoms with Gasteiger partial charge < -0.3 is 15.2 Å². The van der Waals surface area contributed by atoms with Crippen molar-refractivity contribution in [2.24, 2.45) is 5.92 Å². The van der Waals surface area contributed by atoms with Crippen LogP contribution in [0.4, 0.5) is 10.5 Å². The van der Waals surface area contributed by atoms with Crippen LogP contribution in [0.1, 0.15) is 29.5 Å². The third-order valence-corrected chi connectivity index (χ3v) is 5.94. The number of hydrogen-bond acceptors (Lipinski definition) is 4. The first-order valence-electron chi connectivity index (χ1n) is 11.1. The van der Waals surface area contributed by atoms with E-state index in [1.54, 1.807) is 24.3 Å². The molecule has 0 spiro atoms. The molecule has 3 aromatic rings. The number of aliphatic carboxylic acids is 1. The molecule has 174 valence electrons. The smallest absolute Gasteiger partial charge is 0.411 e. The summed E-state index contributed by atoms with van der Waals surface area (Å²) in [5, 5.41) is 14.2. The minimum absolute atomic E-state index is 0.0112. The van der Waals surface area contributed by atoms with Gasteiger partial charge in [0.05, 0.1) is 12.3 Å². The van der Waals surface area contributed by atoms with Gasteiger partial charge >= 0.3 is 12.1 Å². The van der Waals surface area contributed by atoms with E-state index in [2.05, 4.69) is 34.9 Å². The van der Waals surface area contributed by atoms with E-state index in [0.29, 0.717) is 5.69 Å². The van der Waals surface area contributed by atoms with Gasteiger partial charge in [-0.1, -0.05) is 67.6 Å². The quantitative estimate of drug-likeness (QED) is 0.463. The third-order valence-electron chi connectivity index (χ3n) is 5.94. The monoisotopic (exact) mass is 458 g/mol. The first-order valence-corrected chi connectivity index (χ1v) is 11.1. The molecule has 0 fully saturated rings. The highest BCUT2D eigenvalue weighted by Crippen LogP contribution is 2.44. The van der Waals surface area contributed by atoms with Crippen LogP contribution < -0.4 is 10.6 Å². The number of rotatable bonds is 8. The lowest BCUT2D eigenvalue weighted by molar-refractivity contribution is -0.141. The highest BCUT2D eigenvalue weighted by atomic mass is 16.5. The topological polar surface area (TPSA) is 105 Å². The number of carboxylic acids is 1. The zero-order valence-electron chi connectivity index (χ0n) is 18.8. The molecule has 0 aromatic heterocycles. The van der Waals surface area contributed by atoms with Crippen LogP contribution in [-0.2, 0) is 20.7 Å². The minimum atomic E-state index is -0.955. The van der Waals surface area contributed by atoms with Crippen molar-refractivity contribution >= 4 is 23.7 Å². The van der Waals surface area contributed by atoms with Crippen molar-refractivity contribution in [1.29, 1.82) is 0 Å². The van der Waals surface area contributed by atoms with Gasteiger partial charge in [0, 0.05) is 18.2 Å². The molecule has 1 atom stereocenters. The first kappa shape index (κ1) is 23.0. The highest BCUT2D eigenvalue weighted by molar-refractivity contribution is 5.85. The lowest BCUT2D eigenvalue weighted by Crippen LogP contribution is -2.32. The summed E-state index contributed by atoms with van der Waals surface area (Å²) in [6.07, 6.45) is -0.424. The summed E-state index contributed by atoms with van der Waals surface area (Å²) >= 11 is 0. The van der Waals surface area contributed by atoms with Gasteiger partial charge in [-0.2, -0.15) is 0 Å². The predicted octanol–water partition coefficient (Wildman–Crippen LogP) is 4.43. The van der Waals surface area contributed by atoms with Gasteiger partial charge in [0.15, 0.2) is 0 Å². The Morgan fingerprint density at radius 1 is 0.912 bits per heavy atom. The second-order valence-electron chi connectivity index (χ2n) is 8.37. The van der Waals surface area contributed by atoms with Crippen LogP contribution in [-0.4, -0.2) is 36.2 Å². The molecule has 0 saturated carbocycles. The molecule has 0 heterocycles. The van der Waals surface area contributed by atoms with Gasteiger partial charge in [0.1, 0.15) is 6.61 Å². The van der Waals surface area contributed by atoms with Crippen LogP contribution >= 0.6 is 0 Å². The average Bonchev–Trinajstić information content (AvgIpc) is 3.16. The maximum atomic E-state index is 12.4. The van der Waals surface area contributed by atoms with Gasteiger partial charge in [-0.3, -0.25) is 14.9 Å². The van der Waals surface area contributed by atoms with Crippen LogP contribution in [0, 0.1) is 5.92 Å². The van der Waals surface area contributed by atoms with Gasteiger partial charge in [-0.15, -0.1) is 0 Å². The summed E-state index contributed by atoms with van der Waals surface area (Å²) in [5.74, 6) is -1.87. The summed E-state index contributed by atoms with van der Waals surface area (Å²) in [6, 6.07) is 23.2. The van der Waals surface area contributed by atoms with E-state index in [-0.39, 0.29) is 31.4 Å². The summed E-state index contributed by atoms with van der Waals surface area (Å²) in [6.45, 7) is 1.84. The standard InChI is InChI=1S/C27H26N2O5/c1-17(26(31)32)15-28-25(30)14-18-10-12-19(13-11-18)29-27(33)34-16-24-22-8-4-2-6-20(22)21-7-3-5-9-23(21)24/h2-13,17,24H,14-16H2,1H3,(H,28,30)(H,29,33)(H,31,32). The maximum absolute atomic E-state index is 12.4. The van der Waals surface area contributed by atoms with Crippen molar-refractivity contribution in [1.82, 2.24) is 5.32 Å². The molecule has 0 aliphatic heterocycles. The Morgan fingerprint density at radius 3 is 2.09 bits per heavy atom. The first-order chi connectivity index (χ1) is 16.4. The normalized spacial score (nSPS) is 12.9. The lowest BCUT2D eigenvalue weighted by atomic mass is 9.98. The molecule has 0 bridgehead atoms. The fourth-order valence-electron chi connectivity index (χ4n) is 4.06. The Balaban J connectivity index is 1.29. The Labute approximate surface area is 197 Å². The van der Waals surface area contributed by atoms with E-state index in [9.17, 15) is 14.4 Å². The van der Waals surface area contributed by atoms with Crippen molar-refractivity contribution in [2.45, 2.75) is 19.3 Å². The van der Waals surface area contributed by atoms with Crippen LogP contribution in [0.5, 0.6) is 0 Å². The fourth-order valence-corrected chi connectivity index (χ4v) is 4.06. The van der Waals surface area contributed by atoms with E-state index >= 15 is 0 Å². The molecule has 7 nitrogen and oxygen atoms in total. The molecule has 34 heavy (non-hydrogen) atoms. The zero-order chi connectivity index (χ0) is 24.1. The van der Waals surface area contributed by atoms with E-state index in [0.717, 1.165) is 16.7 Å². The number of hydrogen-bond donors (Lipinski definition) is 3. The number of fused-ring (bicyclic) bond motifs is 3. The maximum Gasteiger partial charge on any atom is 0.411 e. The van der Waals surface area contributed by atoms with Crippen LogP contribution in [0.3, 0.4) is 0 Å². The van der Waals surface area contributed by atoms with Crippen LogP contribution in [0.2, 0.25) is 0 Å². The predicted molar refractivity (Wildman–Crippen MR) is 129 cm³/mol. The van der Waals surface area contributed by atoms with Crippen LogP contribution in [0.15, 0.2) is 72.8 Å². The van der Waals surface area contributed by atoms with Crippen molar-refractivity contribution in [3.8, 4) is 11.1 Å². The third kappa shape index (κ3) is 5.26. The number of carbonyl (C=O) groups excluding carboxylic acids is 2. The Morgan fingerprint density at radius 2 is 1.50 bits per heavy atom. The molecular formula is C27H26N2O5. The Hall–Kier alpha value is -4.13. The van der Waals surface area contributed by atoms with Crippen molar-refractivity contribution < 1.29 is 24.2 Å². The molecule has 0 saturated heterocycles.